The van der Waals surface area contributed by atoms with Crippen molar-refractivity contribution in [3.8, 4) is 6.07 Å². The third-order valence-corrected chi connectivity index (χ3v) is 3.90. The number of anilines is 1. The van der Waals surface area contributed by atoms with Crippen molar-refractivity contribution in [2.24, 2.45) is 0 Å². The zero-order valence-corrected chi connectivity index (χ0v) is 14.7. The Labute approximate surface area is 155 Å². The predicted octanol–water partition coefficient (Wildman–Crippen LogP) is 2.31. The van der Waals surface area contributed by atoms with E-state index in [0.29, 0.717) is 29.7 Å². The van der Waals surface area contributed by atoms with E-state index in [-0.39, 0.29) is 0 Å². The molecular formula is C19H17N5O3. The molecule has 8 heteroatoms. The summed E-state index contributed by atoms with van der Waals surface area (Å²) in [4.78, 5) is 24.1. The number of ether oxygens (including phenoxy) is 1. The van der Waals surface area contributed by atoms with Gasteiger partial charge in [-0.05, 0) is 42.8 Å². The highest BCUT2D eigenvalue weighted by atomic mass is 16.5. The van der Waals surface area contributed by atoms with E-state index in [2.05, 4.69) is 21.7 Å². The topological polar surface area (TPSA) is 110 Å². The molecule has 0 aliphatic rings. The maximum Gasteiger partial charge on any atom is 0.338 e. The molecule has 136 valence electrons. The third kappa shape index (κ3) is 4.27. The Balaban J connectivity index is 1.56. The second kappa shape index (κ2) is 8.10. The van der Waals surface area contributed by atoms with E-state index in [1.807, 2.05) is 6.92 Å². The Kier molecular flexibility index (Phi) is 5.42. The number of hydrogen-bond donors (Lipinski definition) is 1. The summed E-state index contributed by atoms with van der Waals surface area (Å²) in [5, 5.41) is 19.3. The normalized spacial score (nSPS) is 10.4. The first kappa shape index (κ1) is 18.1. The van der Waals surface area contributed by atoms with Gasteiger partial charge in [-0.15, -0.1) is 5.10 Å². The van der Waals surface area contributed by atoms with Gasteiger partial charge in [-0.1, -0.05) is 17.3 Å². The summed E-state index contributed by atoms with van der Waals surface area (Å²) in [6.07, 6.45) is 0.308. The van der Waals surface area contributed by atoms with E-state index in [1.165, 1.54) is 0 Å². The lowest BCUT2D eigenvalue weighted by atomic mass is 10.1. The van der Waals surface area contributed by atoms with Crippen LogP contribution in [-0.4, -0.2) is 33.5 Å². The van der Waals surface area contributed by atoms with Crippen molar-refractivity contribution in [1.82, 2.24) is 15.0 Å². The Hall–Kier alpha value is -3.73. The van der Waals surface area contributed by atoms with Crippen molar-refractivity contribution in [3.05, 3.63) is 53.6 Å². The van der Waals surface area contributed by atoms with Gasteiger partial charge in [-0.3, -0.25) is 4.79 Å². The van der Waals surface area contributed by atoms with Gasteiger partial charge in [0.15, 0.2) is 6.61 Å². The number of nitriles is 1. The number of rotatable bonds is 6. The van der Waals surface area contributed by atoms with Crippen LogP contribution >= 0.6 is 0 Å². The molecule has 3 aromatic rings. The summed E-state index contributed by atoms with van der Waals surface area (Å²) in [6.45, 7) is 2.22. The largest absolute Gasteiger partial charge is 0.452 e. The highest BCUT2D eigenvalue weighted by Gasteiger charge is 2.13. The van der Waals surface area contributed by atoms with Gasteiger partial charge in [0.1, 0.15) is 5.52 Å². The minimum absolute atomic E-state index is 0.305. The molecule has 0 saturated heterocycles. The molecule has 27 heavy (non-hydrogen) atoms. The van der Waals surface area contributed by atoms with Crippen LogP contribution in [0, 0.1) is 11.3 Å². The molecule has 0 unspecified atom stereocenters. The van der Waals surface area contributed by atoms with Crippen molar-refractivity contribution in [3.63, 3.8) is 0 Å². The van der Waals surface area contributed by atoms with Gasteiger partial charge < -0.3 is 10.1 Å². The van der Waals surface area contributed by atoms with E-state index in [0.717, 1.165) is 11.1 Å². The standard InChI is InChI=1S/C19H17N5O3/c1-2-24-17-8-5-14(11-16(17)22-23-24)19(26)27-12-18(25)21-15-6-3-13(4-7-15)9-10-20/h3-8,11H,2,9,12H2,1H3,(H,21,25). The fourth-order valence-corrected chi connectivity index (χ4v) is 2.54. The van der Waals surface area contributed by atoms with Gasteiger partial charge in [0.2, 0.25) is 0 Å². The lowest BCUT2D eigenvalue weighted by Crippen LogP contribution is -2.20. The van der Waals surface area contributed by atoms with Crippen LogP contribution in [0.1, 0.15) is 22.8 Å². The number of carbonyl (C=O) groups is 2. The molecule has 0 fully saturated rings. The highest BCUT2D eigenvalue weighted by Crippen LogP contribution is 2.14. The molecule has 0 aliphatic heterocycles. The summed E-state index contributed by atoms with van der Waals surface area (Å²) in [6, 6.07) is 13.9. The molecule has 1 heterocycles. The van der Waals surface area contributed by atoms with Crippen LogP contribution < -0.4 is 5.32 Å². The molecule has 0 aliphatic carbocycles. The molecule has 0 saturated carbocycles. The number of amides is 1. The summed E-state index contributed by atoms with van der Waals surface area (Å²) in [7, 11) is 0. The summed E-state index contributed by atoms with van der Waals surface area (Å²) < 4.78 is 6.78. The maximum absolute atomic E-state index is 12.2. The molecule has 8 nitrogen and oxygen atoms in total. The highest BCUT2D eigenvalue weighted by molar-refractivity contribution is 5.97. The number of esters is 1. The molecule has 3 rings (SSSR count). The fraction of sp³-hybridized carbons (Fsp3) is 0.211. The number of nitrogens with one attached hydrogen (secondary N) is 1. The predicted molar refractivity (Wildman–Crippen MR) is 97.9 cm³/mol. The molecule has 0 atom stereocenters. The van der Waals surface area contributed by atoms with Gasteiger partial charge in [0.25, 0.3) is 5.91 Å². The SMILES string of the molecule is CCn1nnc2cc(C(=O)OCC(=O)Nc3ccc(CC#N)cc3)ccc21. The lowest BCUT2D eigenvalue weighted by Gasteiger charge is -2.07. The lowest BCUT2D eigenvalue weighted by molar-refractivity contribution is -0.119. The first-order chi connectivity index (χ1) is 13.1. The maximum atomic E-state index is 12.2. The van der Waals surface area contributed by atoms with Crippen LogP contribution in [0.3, 0.4) is 0 Å². The number of aryl methyl sites for hydroxylation is 1. The van der Waals surface area contributed by atoms with Crippen molar-refractivity contribution in [1.29, 1.82) is 5.26 Å². The molecule has 0 radical (unpaired) electrons. The van der Waals surface area contributed by atoms with Crippen molar-refractivity contribution < 1.29 is 14.3 Å². The fourth-order valence-electron chi connectivity index (χ4n) is 2.54. The van der Waals surface area contributed by atoms with Crippen molar-refractivity contribution in [2.45, 2.75) is 19.9 Å². The number of carbonyl (C=O) groups excluding carboxylic acids is 2. The van der Waals surface area contributed by atoms with Gasteiger partial charge in [-0.25, -0.2) is 9.48 Å². The van der Waals surface area contributed by atoms with Crippen LogP contribution in [-0.2, 0) is 22.5 Å². The minimum atomic E-state index is -0.609. The van der Waals surface area contributed by atoms with E-state index in [4.69, 9.17) is 10.00 Å². The molecule has 2 aromatic carbocycles. The molecule has 1 N–H and O–H groups in total. The van der Waals surface area contributed by atoms with Crippen LogP contribution in [0.15, 0.2) is 42.5 Å². The number of hydrogen-bond acceptors (Lipinski definition) is 6. The van der Waals surface area contributed by atoms with Gasteiger partial charge in [0.05, 0.1) is 23.6 Å². The Morgan fingerprint density at radius 2 is 2.00 bits per heavy atom. The zero-order chi connectivity index (χ0) is 19.2. The average molecular weight is 363 g/mol. The van der Waals surface area contributed by atoms with Gasteiger partial charge in [0, 0.05) is 12.2 Å². The van der Waals surface area contributed by atoms with Crippen LogP contribution in [0.5, 0.6) is 0 Å². The summed E-state index contributed by atoms with van der Waals surface area (Å²) in [5.41, 5.74) is 3.15. The van der Waals surface area contributed by atoms with Crippen LogP contribution in [0.2, 0.25) is 0 Å². The quantitative estimate of drug-likeness (QED) is 0.673. The number of benzene rings is 2. The first-order valence-electron chi connectivity index (χ1n) is 8.37. The van der Waals surface area contributed by atoms with Gasteiger partial charge in [-0.2, -0.15) is 5.26 Å². The van der Waals surface area contributed by atoms with Crippen molar-refractivity contribution in [2.75, 3.05) is 11.9 Å². The van der Waals surface area contributed by atoms with E-state index in [9.17, 15) is 9.59 Å². The smallest absolute Gasteiger partial charge is 0.338 e. The molecule has 0 spiro atoms. The second-order valence-corrected chi connectivity index (χ2v) is 5.76. The Morgan fingerprint density at radius 3 is 2.70 bits per heavy atom. The summed E-state index contributed by atoms with van der Waals surface area (Å²) >= 11 is 0. The van der Waals surface area contributed by atoms with E-state index < -0.39 is 18.5 Å². The molecular weight excluding hydrogens is 346 g/mol. The Morgan fingerprint density at radius 1 is 1.22 bits per heavy atom. The Bertz CT molecular complexity index is 1020. The van der Waals surface area contributed by atoms with E-state index in [1.54, 1.807) is 47.1 Å². The zero-order valence-electron chi connectivity index (χ0n) is 14.7. The van der Waals surface area contributed by atoms with Crippen LogP contribution in [0.25, 0.3) is 11.0 Å². The minimum Gasteiger partial charge on any atom is -0.452 e. The monoisotopic (exact) mass is 363 g/mol. The molecule has 1 aromatic heterocycles. The van der Waals surface area contributed by atoms with E-state index >= 15 is 0 Å². The average Bonchev–Trinajstić information content (AvgIpc) is 3.10. The summed E-state index contributed by atoms with van der Waals surface area (Å²) in [5.74, 6) is -1.06. The van der Waals surface area contributed by atoms with Crippen molar-refractivity contribution >= 4 is 28.6 Å². The van der Waals surface area contributed by atoms with Crippen LogP contribution in [0.4, 0.5) is 5.69 Å². The molecule has 0 bridgehead atoms. The number of nitrogens with zero attached hydrogens (tertiary/aromatic N) is 4. The molecule has 1 amide bonds. The third-order valence-electron chi connectivity index (χ3n) is 3.90. The first-order valence-corrected chi connectivity index (χ1v) is 8.37. The number of fused-ring (bicyclic) bond motifs is 1. The van der Waals surface area contributed by atoms with Gasteiger partial charge >= 0.3 is 5.97 Å². The number of aromatic nitrogens is 3. The second-order valence-electron chi connectivity index (χ2n) is 5.76.